The Kier molecular flexibility index (Phi) is 3.78. The third-order valence-electron chi connectivity index (χ3n) is 3.16. The number of piperidine rings is 1. The van der Waals surface area contributed by atoms with Gasteiger partial charge in [-0.3, -0.25) is 0 Å². The number of nitrogen functional groups attached to an aromatic ring is 1. The number of hydrogen-bond acceptors (Lipinski definition) is 5. The molecule has 5 heteroatoms. The molecule has 0 aromatic carbocycles. The van der Waals surface area contributed by atoms with Crippen LogP contribution in [0, 0.1) is 6.92 Å². The van der Waals surface area contributed by atoms with Gasteiger partial charge in [0, 0.05) is 18.7 Å². The third kappa shape index (κ3) is 3.30. The molecule has 0 bridgehead atoms. The van der Waals surface area contributed by atoms with Gasteiger partial charge in [-0.2, -0.15) is 0 Å². The molecule has 17 heavy (non-hydrogen) atoms. The van der Waals surface area contributed by atoms with Crippen molar-refractivity contribution >= 4 is 11.6 Å². The van der Waals surface area contributed by atoms with Crippen molar-refractivity contribution in [1.29, 1.82) is 0 Å². The van der Waals surface area contributed by atoms with E-state index >= 15 is 0 Å². The van der Waals surface area contributed by atoms with Gasteiger partial charge in [0.1, 0.15) is 17.5 Å². The van der Waals surface area contributed by atoms with E-state index < -0.39 is 0 Å². The fraction of sp³-hybridized carbons (Fsp3) is 0.667. The zero-order chi connectivity index (χ0) is 12.3. The number of rotatable bonds is 3. The first-order valence-electron chi connectivity index (χ1n) is 6.27. The van der Waals surface area contributed by atoms with E-state index in [1.54, 1.807) is 6.07 Å². The van der Waals surface area contributed by atoms with E-state index in [1.165, 1.54) is 19.4 Å². The standard InChI is InChI=1S/C12H21N5/c1-3-17-6-4-5-10(8-17)16-12-7-11(13)14-9(2)15-12/h7,10H,3-6,8H2,1-2H3,(H3,13,14,15,16). The van der Waals surface area contributed by atoms with Crippen molar-refractivity contribution in [2.45, 2.75) is 32.7 Å². The number of nitrogens with one attached hydrogen (secondary N) is 1. The molecule has 1 aromatic heterocycles. The van der Waals surface area contributed by atoms with E-state index in [0.717, 1.165) is 24.7 Å². The van der Waals surface area contributed by atoms with E-state index in [4.69, 9.17) is 5.73 Å². The maximum absolute atomic E-state index is 5.72. The Hall–Kier alpha value is -1.36. The number of aromatic nitrogens is 2. The summed E-state index contributed by atoms with van der Waals surface area (Å²) in [6.45, 7) is 7.47. The highest BCUT2D eigenvalue weighted by atomic mass is 15.2. The van der Waals surface area contributed by atoms with Crippen LogP contribution in [-0.2, 0) is 0 Å². The zero-order valence-corrected chi connectivity index (χ0v) is 10.6. The number of anilines is 2. The fourth-order valence-electron chi connectivity index (χ4n) is 2.33. The van der Waals surface area contributed by atoms with Crippen LogP contribution in [0.5, 0.6) is 0 Å². The summed E-state index contributed by atoms with van der Waals surface area (Å²) in [5, 5.41) is 3.45. The molecule has 0 amide bonds. The van der Waals surface area contributed by atoms with Gasteiger partial charge in [-0.1, -0.05) is 6.92 Å². The van der Waals surface area contributed by atoms with Gasteiger partial charge >= 0.3 is 0 Å². The largest absolute Gasteiger partial charge is 0.384 e. The predicted molar refractivity (Wildman–Crippen MR) is 69.9 cm³/mol. The molecule has 94 valence electrons. The van der Waals surface area contributed by atoms with Gasteiger partial charge in [0.2, 0.25) is 0 Å². The first-order chi connectivity index (χ1) is 8.17. The summed E-state index contributed by atoms with van der Waals surface area (Å²) in [4.78, 5) is 10.9. The van der Waals surface area contributed by atoms with E-state index in [2.05, 4.69) is 27.1 Å². The van der Waals surface area contributed by atoms with Crippen molar-refractivity contribution in [3.05, 3.63) is 11.9 Å². The van der Waals surface area contributed by atoms with Gasteiger partial charge in [-0.15, -0.1) is 0 Å². The summed E-state index contributed by atoms with van der Waals surface area (Å²) >= 11 is 0. The number of nitrogens with zero attached hydrogens (tertiary/aromatic N) is 3. The second kappa shape index (κ2) is 5.31. The highest BCUT2D eigenvalue weighted by Crippen LogP contribution is 2.15. The van der Waals surface area contributed by atoms with Crippen LogP contribution in [0.2, 0.25) is 0 Å². The van der Waals surface area contributed by atoms with Crippen molar-refractivity contribution in [3.8, 4) is 0 Å². The molecular formula is C12H21N5. The Balaban J connectivity index is 2.00. The monoisotopic (exact) mass is 235 g/mol. The molecule has 1 aliphatic heterocycles. The Bertz CT molecular complexity index is 359. The van der Waals surface area contributed by atoms with Crippen LogP contribution in [0.3, 0.4) is 0 Å². The molecule has 2 heterocycles. The smallest absolute Gasteiger partial charge is 0.132 e. The second-order valence-corrected chi connectivity index (χ2v) is 4.60. The average molecular weight is 235 g/mol. The number of aryl methyl sites for hydroxylation is 1. The van der Waals surface area contributed by atoms with Gasteiger partial charge < -0.3 is 16.0 Å². The summed E-state index contributed by atoms with van der Waals surface area (Å²) in [5.41, 5.74) is 5.72. The lowest BCUT2D eigenvalue weighted by Gasteiger charge is -2.32. The first-order valence-corrected chi connectivity index (χ1v) is 6.27. The Morgan fingerprint density at radius 1 is 1.53 bits per heavy atom. The van der Waals surface area contributed by atoms with Crippen LogP contribution in [0.25, 0.3) is 0 Å². The summed E-state index contributed by atoms with van der Waals surface area (Å²) in [6.07, 6.45) is 2.44. The fourth-order valence-corrected chi connectivity index (χ4v) is 2.33. The van der Waals surface area contributed by atoms with Crippen molar-refractivity contribution in [3.63, 3.8) is 0 Å². The molecule has 0 saturated carbocycles. The van der Waals surface area contributed by atoms with Gasteiger partial charge in [-0.25, -0.2) is 9.97 Å². The van der Waals surface area contributed by atoms with Gasteiger partial charge in [0.25, 0.3) is 0 Å². The van der Waals surface area contributed by atoms with Gasteiger partial charge in [0.15, 0.2) is 0 Å². The van der Waals surface area contributed by atoms with Crippen molar-refractivity contribution in [1.82, 2.24) is 14.9 Å². The predicted octanol–water partition coefficient (Wildman–Crippen LogP) is 1.26. The maximum Gasteiger partial charge on any atom is 0.132 e. The zero-order valence-electron chi connectivity index (χ0n) is 10.6. The van der Waals surface area contributed by atoms with E-state index in [-0.39, 0.29) is 0 Å². The molecule has 1 aromatic rings. The van der Waals surface area contributed by atoms with Crippen LogP contribution >= 0.6 is 0 Å². The lowest BCUT2D eigenvalue weighted by Crippen LogP contribution is -2.42. The molecule has 0 spiro atoms. The molecular weight excluding hydrogens is 214 g/mol. The van der Waals surface area contributed by atoms with Crippen LogP contribution in [0.15, 0.2) is 6.07 Å². The molecule has 1 aliphatic rings. The molecule has 1 saturated heterocycles. The minimum Gasteiger partial charge on any atom is -0.384 e. The minimum absolute atomic E-state index is 0.470. The van der Waals surface area contributed by atoms with E-state index in [9.17, 15) is 0 Å². The van der Waals surface area contributed by atoms with Crippen molar-refractivity contribution in [2.24, 2.45) is 0 Å². The third-order valence-corrected chi connectivity index (χ3v) is 3.16. The molecule has 1 atom stereocenters. The van der Waals surface area contributed by atoms with Crippen molar-refractivity contribution in [2.75, 3.05) is 30.7 Å². The summed E-state index contributed by atoms with van der Waals surface area (Å²) in [6, 6.07) is 2.27. The van der Waals surface area contributed by atoms with E-state index in [0.29, 0.717) is 11.9 Å². The highest BCUT2D eigenvalue weighted by molar-refractivity contribution is 5.45. The normalized spacial score (nSPS) is 21.4. The number of hydrogen-bond donors (Lipinski definition) is 2. The molecule has 1 unspecified atom stereocenters. The topological polar surface area (TPSA) is 67.1 Å². The molecule has 2 rings (SSSR count). The Labute approximate surface area is 102 Å². The van der Waals surface area contributed by atoms with Crippen LogP contribution in [0.1, 0.15) is 25.6 Å². The molecule has 0 aliphatic carbocycles. The van der Waals surface area contributed by atoms with Crippen LogP contribution in [-0.4, -0.2) is 40.5 Å². The SMILES string of the molecule is CCN1CCCC(Nc2cc(N)nc(C)n2)C1. The molecule has 0 radical (unpaired) electrons. The summed E-state index contributed by atoms with van der Waals surface area (Å²) in [7, 11) is 0. The number of likely N-dealkylation sites (tertiary alicyclic amines) is 1. The number of likely N-dealkylation sites (N-methyl/N-ethyl adjacent to an activating group) is 1. The minimum atomic E-state index is 0.470. The first kappa shape index (κ1) is 12.1. The quantitative estimate of drug-likeness (QED) is 0.825. The Morgan fingerprint density at radius 3 is 3.06 bits per heavy atom. The molecule has 5 nitrogen and oxygen atoms in total. The molecule has 1 fully saturated rings. The summed E-state index contributed by atoms with van der Waals surface area (Å²) < 4.78 is 0. The lowest BCUT2D eigenvalue weighted by atomic mass is 10.1. The summed E-state index contributed by atoms with van der Waals surface area (Å²) in [5.74, 6) is 2.09. The van der Waals surface area contributed by atoms with Crippen LogP contribution < -0.4 is 11.1 Å². The van der Waals surface area contributed by atoms with Crippen molar-refractivity contribution < 1.29 is 0 Å². The van der Waals surface area contributed by atoms with Gasteiger partial charge in [0.05, 0.1) is 0 Å². The lowest BCUT2D eigenvalue weighted by molar-refractivity contribution is 0.226. The van der Waals surface area contributed by atoms with Gasteiger partial charge in [-0.05, 0) is 32.9 Å². The van der Waals surface area contributed by atoms with Crippen LogP contribution in [0.4, 0.5) is 11.6 Å². The maximum atomic E-state index is 5.72. The molecule has 3 N–H and O–H groups in total. The Morgan fingerprint density at radius 2 is 2.35 bits per heavy atom. The highest BCUT2D eigenvalue weighted by Gasteiger charge is 2.18. The average Bonchev–Trinajstić information content (AvgIpc) is 2.28. The second-order valence-electron chi connectivity index (χ2n) is 4.60. The van der Waals surface area contributed by atoms with E-state index in [1.807, 2.05) is 6.92 Å². The number of nitrogens with two attached hydrogens (primary N) is 1.